The first-order chi connectivity index (χ1) is 12.2. The van der Waals surface area contributed by atoms with Gasteiger partial charge in [0.05, 0.1) is 18.8 Å². The van der Waals surface area contributed by atoms with Gasteiger partial charge in [0, 0.05) is 29.8 Å². The highest BCUT2D eigenvalue weighted by atomic mass is 16.5. The summed E-state index contributed by atoms with van der Waals surface area (Å²) in [5, 5.41) is 5.61. The van der Waals surface area contributed by atoms with Crippen molar-refractivity contribution in [1.29, 1.82) is 0 Å². The van der Waals surface area contributed by atoms with Crippen LogP contribution in [0.5, 0.6) is 0 Å². The number of pyridine rings is 1. The van der Waals surface area contributed by atoms with Gasteiger partial charge in [-0.1, -0.05) is 11.6 Å². The number of hydrogen-bond acceptors (Lipinski definition) is 4. The van der Waals surface area contributed by atoms with Crippen LogP contribution in [0.25, 0.3) is 0 Å². The van der Waals surface area contributed by atoms with E-state index in [0.717, 1.165) is 18.4 Å². The first kappa shape index (κ1) is 16.9. The summed E-state index contributed by atoms with van der Waals surface area (Å²) in [5.41, 5.74) is 2.79. The van der Waals surface area contributed by atoms with Gasteiger partial charge in [0.2, 0.25) is 5.91 Å². The van der Waals surface area contributed by atoms with E-state index in [1.165, 1.54) is 6.20 Å². The van der Waals surface area contributed by atoms with Crippen LogP contribution in [0.4, 0.5) is 11.4 Å². The molecule has 0 atom stereocenters. The zero-order valence-electron chi connectivity index (χ0n) is 13.7. The van der Waals surface area contributed by atoms with E-state index < -0.39 is 0 Å². The smallest absolute Gasteiger partial charge is 0.257 e. The Hall–Kier alpha value is -2.99. The molecule has 2 amide bonds. The molecule has 1 aromatic heterocycles. The van der Waals surface area contributed by atoms with E-state index in [1.54, 1.807) is 48.7 Å². The maximum atomic E-state index is 12.2. The Labute approximate surface area is 145 Å². The molecule has 3 rings (SSSR count). The largest absolute Gasteiger partial charge is 0.381 e. The third-order valence-corrected chi connectivity index (χ3v) is 3.78. The molecule has 1 saturated heterocycles. The predicted molar refractivity (Wildman–Crippen MR) is 95.4 cm³/mol. The Morgan fingerprint density at radius 3 is 2.52 bits per heavy atom. The number of benzene rings is 1. The van der Waals surface area contributed by atoms with Gasteiger partial charge in [0.15, 0.2) is 0 Å². The number of nitrogens with one attached hydrogen (secondary N) is 2. The molecule has 0 spiro atoms. The average Bonchev–Trinajstić information content (AvgIpc) is 2.63. The molecule has 0 aliphatic carbocycles. The summed E-state index contributed by atoms with van der Waals surface area (Å²) in [5.74, 6) is -0.423. The zero-order valence-corrected chi connectivity index (χ0v) is 13.7. The number of nitrogens with zero attached hydrogens (tertiary/aromatic N) is 1. The summed E-state index contributed by atoms with van der Waals surface area (Å²) in [6, 6.07) is 10.4. The molecule has 0 radical (unpaired) electrons. The molecule has 25 heavy (non-hydrogen) atoms. The van der Waals surface area contributed by atoms with E-state index in [-0.39, 0.29) is 11.8 Å². The molecule has 2 heterocycles. The van der Waals surface area contributed by atoms with Gasteiger partial charge in [0.25, 0.3) is 5.91 Å². The molecule has 1 aliphatic rings. The zero-order chi connectivity index (χ0) is 17.5. The normalized spacial score (nSPS) is 13.8. The number of ether oxygens (including phenoxy) is 1. The van der Waals surface area contributed by atoms with Crippen molar-refractivity contribution < 1.29 is 14.3 Å². The SMILES string of the molecule is O=C(C=C1CCOCC1)Nc1cccc(NC(=O)c2cccnc2)c1. The van der Waals surface area contributed by atoms with Gasteiger partial charge in [-0.2, -0.15) is 0 Å². The summed E-state index contributed by atoms with van der Waals surface area (Å²) < 4.78 is 5.27. The monoisotopic (exact) mass is 337 g/mol. The van der Waals surface area contributed by atoms with Crippen LogP contribution in [0.3, 0.4) is 0 Å². The quantitative estimate of drug-likeness (QED) is 0.841. The number of rotatable bonds is 4. The van der Waals surface area contributed by atoms with Crippen LogP contribution in [0.2, 0.25) is 0 Å². The van der Waals surface area contributed by atoms with Crippen molar-refractivity contribution in [2.75, 3.05) is 23.8 Å². The van der Waals surface area contributed by atoms with Gasteiger partial charge in [0.1, 0.15) is 0 Å². The van der Waals surface area contributed by atoms with E-state index in [9.17, 15) is 9.59 Å². The maximum absolute atomic E-state index is 12.2. The van der Waals surface area contributed by atoms with E-state index in [0.29, 0.717) is 30.2 Å². The highest BCUT2D eigenvalue weighted by Crippen LogP contribution is 2.17. The first-order valence-electron chi connectivity index (χ1n) is 8.10. The molecule has 128 valence electrons. The fourth-order valence-corrected chi connectivity index (χ4v) is 2.52. The Morgan fingerprint density at radius 1 is 1.04 bits per heavy atom. The molecular weight excluding hydrogens is 318 g/mol. The molecule has 1 fully saturated rings. The van der Waals surface area contributed by atoms with Crippen molar-refractivity contribution in [3.05, 3.63) is 66.0 Å². The third-order valence-electron chi connectivity index (χ3n) is 3.78. The number of carbonyl (C=O) groups excluding carboxylic acids is 2. The minimum atomic E-state index is -0.249. The van der Waals surface area contributed by atoms with Crippen molar-refractivity contribution >= 4 is 23.2 Å². The second-order valence-electron chi connectivity index (χ2n) is 5.68. The first-order valence-corrected chi connectivity index (χ1v) is 8.10. The number of aromatic nitrogens is 1. The lowest BCUT2D eigenvalue weighted by Gasteiger charge is -2.14. The van der Waals surface area contributed by atoms with Crippen LogP contribution in [0.15, 0.2) is 60.4 Å². The van der Waals surface area contributed by atoms with Crippen LogP contribution in [0.1, 0.15) is 23.2 Å². The minimum absolute atomic E-state index is 0.173. The van der Waals surface area contributed by atoms with Gasteiger partial charge in [-0.05, 0) is 43.2 Å². The maximum Gasteiger partial charge on any atom is 0.257 e. The second kappa shape index (κ2) is 8.21. The fraction of sp³-hybridized carbons (Fsp3) is 0.211. The minimum Gasteiger partial charge on any atom is -0.381 e. The predicted octanol–water partition coefficient (Wildman–Crippen LogP) is 3.01. The Morgan fingerprint density at radius 2 is 1.80 bits per heavy atom. The fourth-order valence-electron chi connectivity index (χ4n) is 2.52. The number of amides is 2. The molecule has 2 aromatic rings. The van der Waals surface area contributed by atoms with Crippen molar-refractivity contribution in [1.82, 2.24) is 4.98 Å². The molecule has 6 nitrogen and oxygen atoms in total. The van der Waals surface area contributed by atoms with Crippen molar-refractivity contribution in [2.24, 2.45) is 0 Å². The summed E-state index contributed by atoms with van der Waals surface area (Å²) in [6.45, 7) is 1.32. The Bertz CT molecular complexity index is 780. The van der Waals surface area contributed by atoms with Crippen molar-refractivity contribution in [3.8, 4) is 0 Å². The van der Waals surface area contributed by atoms with Crippen molar-refractivity contribution in [3.63, 3.8) is 0 Å². The molecule has 0 saturated carbocycles. The molecule has 6 heteroatoms. The lowest BCUT2D eigenvalue weighted by atomic mass is 10.1. The molecule has 1 aliphatic heterocycles. The number of anilines is 2. The Kier molecular flexibility index (Phi) is 5.53. The van der Waals surface area contributed by atoms with Gasteiger partial charge < -0.3 is 15.4 Å². The summed E-state index contributed by atoms with van der Waals surface area (Å²) in [4.78, 5) is 28.2. The standard InChI is InChI=1S/C19H19N3O3/c23-18(11-14-6-9-25-10-7-14)21-16-4-1-5-17(12-16)22-19(24)15-3-2-8-20-13-15/h1-5,8,11-13H,6-7,9-10H2,(H,21,23)(H,22,24). The summed E-state index contributed by atoms with van der Waals surface area (Å²) in [7, 11) is 0. The van der Waals surface area contributed by atoms with Crippen LogP contribution >= 0.6 is 0 Å². The summed E-state index contributed by atoms with van der Waals surface area (Å²) in [6.07, 6.45) is 6.31. The molecule has 0 bridgehead atoms. The van der Waals surface area contributed by atoms with Gasteiger partial charge >= 0.3 is 0 Å². The number of hydrogen-bond donors (Lipinski definition) is 2. The van der Waals surface area contributed by atoms with E-state index in [4.69, 9.17) is 4.74 Å². The van der Waals surface area contributed by atoms with Crippen LogP contribution in [0, 0.1) is 0 Å². The average molecular weight is 337 g/mol. The lowest BCUT2D eigenvalue weighted by Crippen LogP contribution is -2.14. The highest BCUT2D eigenvalue weighted by Gasteiger charge is 2.09. The molecular formula is C19H19N3O3. The van der Waals surface area contributed by atoms with Crippen molar-refractivity contribution in [2.45, 2.75) is 12.8 Å². The van der Waals surface area contributed by atoms with Gasteiger partial charge in [-0.15, -0.1) is 0 Å². The third kappa shape index (κ3) is 4.99. The van der Waals surface area contributed by atoms with Crippen LogP contribution in [-0.4, -0.2) is 30.0 Å². The highest BCUT2D eigenvalue weighted by molar-refractivity contribution is 6.05. The molecule has 2 N–H and O–H groups in total. The van der Waals surface area contributed by atoms with Gasteiger partial charge in [-0.3, -0.25) is 14.6 Å². The lowest BCUT2D eigenvalue weighted by molar-refractivity contribution is -0.112. The topological polar surface area (TPSA) is 80.3 Å². The summed E-state index contributed by atoms with van der Waals surface area (Å²) >= 11 is 0. The molecule has 0 unspecified atom stereocenters. The second-order valence-corrected chi connectivity index (χ2v) is 5.68. The van der Waals surface area contributed by atoms with Crippen LogP contribution in [-0.2, 0) is 9.53 Å². The molecule has 1 aromatic carbocycles. The van der Waals surface area contributed by atoms with Crippen LogP contribution < -0.4 is 10.6 Å². The van der Waals surface area contributed by atoms with E-state index >= 15 is 0 Å². The van der Waals surface area contributed by atoms with E-state index in [1.807, 2.05) is 0 Å². The number of carbonyl (C=O) groups is 2. The van der Waals surface area contributed by atoms with E-state index in [2.05, 4.69) is 15.6 Å². The van der Waals surface area contributed by atoms with Gasteiger partial charge in [-0.25, -0.2) is 0 Å². The Balaban J connectivity index is 1.63.